The summed E-state index contributed by atoms with van der Waals surface area (Å²) in [5.74, 6) is 0. The zero-order chi connectivity index (χ0) is 9.10. The number of fused-ring (bicyclic) bond motifs is 1. The van der Waals surface area contributed by atoms with Gasteiger partial charge in [-0.3, -0.25) is 4.98 Å². The van der Waals surface area contributed by atoms with E-state index in [-0.39, 0.29) is 0 Å². The average molecular weight is 172 g/mol. The van der Waals surface area contributed by atoms with Gasteiger partial charge < -0.3 is 5.32 Å². The summed E-state index contributed by atoms with van der Waals surface area (Å²) in [5, 5.41) is 4.42. The van der Waals surface area contributed by atoms with Crippen LogP contribution in [0.1, 0.15) is 6.92 Å². The first-order chi connectivity index (χ1) is 6.40. The Hall–Kier alpha value is -1.57. The van der Waals surface area contributed by atoms with Crippen molar-refractivity contribution in [3.8, 4) is 0 Å². The first kappa shape index (κ1) is 8.05. The van der Waals surface area contributed by atoms with Gasteiger partial charge in [-0.25, -0.2) is 0 Å². The van der Waals surface area contributed by atoms with Crippen LogP contribution in [0, 0.1) is 0 Å². The minimum Gasteiger partial charge on any atom is -0.384 e. The quantitative estimate of drug-likeness (QED) is 0.753. The molecule has 0 atom stereocenters. The van der Waals surface area contributed by atoms with Crippen LogP contribution in [-0.2, 0) is 0 Å². The Bertz CT molecular complexity index is 410. The summed E-state index contributed by atoms with van der Waals surface area (Å²) in [4.78, 5) is 4.34. The second-order valence-corrected chi connectivity index (χ2v) is 2.95. The molecule has 0 saturated carbocycles. The standard InChI is InChI=1S/C11H12N2/c1-2-12-10-7-9-5-3-4-6-11(9)13-8-10/h3-8,12H,2H2,1H3. The van der Waals surface area contributed by atoms with Crippen LogP contribution in [0.5, 0.6) is 0 Å². The van der Waals surface area contributed by atoms with Gasteiger partial charge >= 0.3 is 0 Å². The first-order valence-electron chi connectivity index (χ1n) is 4.49. The minimum absolute atomic E-state index is 0.931. The fourth-order valence-corrected chi connectivity index (χ4v) is 1.37. The molecule has 66 valence electrons. The second kappa shape index (κ2) is 3.44. The van der Waals surface area contributed by atoms with E-state index < -0.39 is 0 Å². The number of nitrogens with zero attached hydrogens (tertiary/aromatic N) is 1. The third kappa shape index (κ3) is 1.61. The van der Waals surface area contributed by atoms with Crippen LogP contribution in [0.15, 0.2) is 36.5 Å². The van der Waals surface area contributed by atoms with Gasteiger partial charge in [-0.2, -0.15) is 0 Å². The molecule has 0 radical (unpaired) electrons. The molecule has 1 aromatic heterocycles. The molecule has 0 spiro atoms. The van der Waals surface area contributed by atoms with Gasteiger partial charge in [0.25, 0.3) is 0 Å². The highest BCUT2D eigenvalue weighted by molar-refractivity contribution is 5.81. The van der Waals surface area contributed by atoms with Crippen LogP contribution in [0.3, 0.4) is 0 Å². The van der Waals surface area contributed by atoms with Gasteiger partial charge in [0, 0.05) is 11.9 Å². The number of para-hydroxylation sites is 1. The van der Waals surface area contributed by atoms with E-state index in [1.807, 2.05) is 24.4 Å². The second-order valence-electron chi connectivity index (χ2n) is 2.95. The molecular formula is C11H12N2. The zero-order valence-electron chi connectivity index (χ0n) is 7.62. The smallest absolute Gasteiger partial charge is 0.0703 e. The van der Waals surface area contributed by atoms with Gasteiger partial charge in [0.05, 0.1) is 17.4 Å². The molecule has 1 N–H and O–H groups in total. The summed E-state index contributed by atoms with van der Waals surface area (Å²) < 4.78 is 0. The molecule has 2 aromatic rings. The first-order valence-corrected chi connectivity index (χ1v) is 4.49. The van der Waals surface area contributed by atoms with E-state index in [0.717, 1.165) is 17.7 Å². The van der Waals surface area contributed by atoms with Crippen molar-refractivity contribution in [1.29, 1.82) is 0 Å². The highest BCUT2D eigenvalue weighted by Gasteiger charge is 1.94. The van der Waals surface area contributed by atoms with E-state index in [1.54, 1.807) is 0 Å². The zero-order valence-corrected chi connectivity index (χ0v) is 7.62. The fraction of sp³-hybridized carbons (Fsp3) is 0.182. The van der Waals surface area contributed by atoms with E-state index in [9.17, 15) is 0 Å². The van der Waals surface area contributed by atoms with Crippen molar-refractivity contribution in [3.05, 3.63) is 36.5 Å². The molecule has 0 unspecified atom stereocenters. The fourth-order valence-electron chi connectivity index (χ4n) is 1.37. The Morgan fingerprint density at radius 3 is 3.00 bits per heavy atom. The van der Waals surface area contributed by atoms with Gasteiger partial charge in [0.2, 0.25) is 0 Å². The number of benzene rings is 1. The van der Waals surface area contributed by atoms with Crippen LogP contribution in [0.25, 0.3) is 10.9 Å². The third-order valence-corrected chi connectivity index (χ3v) is 1.97. The van der Waals surface area contributed by atoms with Gasteiger partial charge in [-0.15, -0.1) is 0 Å². The molecule has 0 fully saturated rings. The highest BCUT2D eigenvalue weighted by Crippen LogP contribution is 2.15. The van der Waals surface area contributed by atoms with Gasteiger partial charge in [-0.1, -0.05) is 18.2 Å². The van der Waals surface area contributed by atoms with Crippen LogP contribution in [-0.4, -0.2) is 11.5 Å². The molecular weight excluding hydrogens is 160 g/mol. The van der Waals surface area contributed by atoms with Crippen molar-refractivity contribution in [2.75, 3.05) is 11.9 Å². The molecule has 2 nitrogen and oxygen atoms in total. The summed E-state index contributed by atoms with van der Waals surface area (Å²) in [6, 6.07) is 10.2. The summed E-state index contributed by atoms with van der Waals surface area (Å²) in [6.45, 7) is 3.01. The summed E-state index contributed by atoms with van der Waals surface area (Å²) >= 11 is 0. The van der Waals surface area contributed by atoms with Crippen molar-refractivity contribution in [2.24, 2.45) is 0 Å². The SMILES string of the molecule is CCNc1cnc2ccccc2c1. The predicted molar refractivity (Wildman–Crippen MR) is 55.9 cm³/mol. The molecule has 2 rings (SSSR count). The normalized spacial score (nSPS) is 10.2. The van der Waals surface area contributed by atoms with Crippen molar-refractivity contribution >= 4 is 16.6 Å². The summed E-state index contributed by atoms with van der Waals surface area (Å²) in [7, 11) is 0. The number of hydrogen-bond donors (Lipinski definition) is 1. The summed E-state index contributed by atoms with van der Waals surface area (Å²) in [5.41, 5.74) is 2.13. The van der Waals surface area contributed by atoms with Crippen LogP contribution in [0.4, 0.5) is 5.69 Å². The molecule has 0 aliphatic rings. The van der Waals surface area contributed by atoms with E-state index in [4.69, 9.17) is 0 Å². The topological polar surface area (TPSA) is 24.9 Å². The van der Waals surface area contributed by atoms with E-state index in [2.05, 4.69) is 29.4 Å². The van der Waals surface area contributed by atoms with Crippen molar-refractivity contribution in [3.63, 3.8) is 0 Å². The number of aromatic nitrogens is 1. The molecule has 0 amide bonds. The third-order valence-electron chi connectivity index (χ3n) is 1.97. The Morgan fingerprint density at radius 1 is 1.31 bits per heavy atom. The lowest BCUT2D eigenvalue weighted by Crippen LogP contribution is -1.96. The average Bonchev–Trinajstić information content (AvgIpc) is 2.18. The largest absolute Gasteiger partial charge is 0.384 e. The molecule has 0 bridgehead atoms. The maximum absolute atomic E-state index is 4.34. The van der Waals surface area contributed by atoms with E-state index in [1.165, 1.54) is 5.39 Å². The molecule has 13 heavy (non-hydrogen) atoms. The molecule has 1 aromatic carbocycles. The molecule has 1 heterocycles. The van der Waals surface area contributed by atoms with E-state index in [0.29, 0.717) is 0 Å². The highest BCUT2D eigenvalue weighted by atomic mass is 14.9. The minimum atomic E-state index is 0.931. The Labute approximate surface area is 77.6 Å². The van der Waals surface area contributed by atoms with Gasteiger partial charge in [0.15, 0.2) is 0 Å². The van der Waals surface area contributed by atoms with Crippen molar-refractivity contribution < 1.29 is 0 Å². The van der Waals surface area contributed by atoms with Crippen LogP contribution in [0.2, 0.25) is 0 Å². The monoisotopic (exact) mass is 172 g/mol. The maximum atomic E-state index is 4.34. The number of pyridine rings is 1. The van der Waals surface area contributed by atoms with Crippen molar-refractivity contribution in [2.45, 2.75) is 6.92 Å². The lowest BCUT2D eigenvalue weighted by atomic mass is 10.2. The number of nitrogens with one attached hydrogen (secondary N) is 1. The Kier molecular flexibility index (Phi) is 2.13. The number of hydrogen-bond acceptors (Lipinski definition) is 2. The van der Waals surface area contributed by atoms with Crippen LogP contribution >= 0.6 is 0 Å². The molecule has 0 aliphatic heterocycles. The van der Waals surface area contributed by atoms with Crippen LogP contribution < -0.4 is 5.32 Å². The Balaban J connectivity index is 2.49. The lowest BCUT2D eigenvalue weighted by Gasteiger charge is -2.03. The predicted octanol–water partition coefficient (Wildman–Crippen LogP) is 2.67. The molecule has 0 saturated heterocycles. The van der Waals surface area contributed by atoms with Crippen molar-refractivity contribution in [1.82, 2.24) is 4.98 Å². The molecule has 0 aliphatic carbocycles. The lowest BCUT2D eigenvalue weighted by molar-refractivity contribution is 1.20. The van der Waals surface area contributed by atoms with E-state index >= 15 is 0 Å². The maximum Gasteiger partial charge on any atom is 0.0703 e. The van der Waals surface area contributed by atoms with Gasteiger partial charge in [0.1, 0.15) is 0 Å². The number of anilines is 1. The Morgan fingerprint density at radius 2 is 2.15 bits per heavy atom. The van der Waals surface area contributed by atoms with Gasteiger partial charge in [-0.05, 0) is 19.1 Å². The number of rotatable bonds is 2. The summed E-state index contributed by atoms with van der Waals surface area (Å²) in [6.07, 6.45) is 1.87. The molecule has 2 heteroatoms.